The van der Waals surface area contributed by atoms with E-state index in [4.69, 9.17) is 5.14 Å². The van der Waals surface area contributed by atoms with Crippen molar-refractivity contribution in [3.63, 3.8) is 0 Å². The van der Waals surface area contributed by atoms with Gasteiger partial charge in [-0.2, -0.15) is 8.42 Å². The summed E-state index contributed by atoms with van der Waals surface area (Å²) in [5.41, 5.74) is 0. The summed E-state index contributed by atoms with van der Waals surface area (Å²) in [4.78, 5) is 0. The number of nitrogens with one attached hydrogen (secondary N) is 2. The Morgan fingerprint density at radius 1 is 1.64 bits per heavy atom. The highest BCUT2D eigenvalue weighted by atomic mass is 32.2. The van der Waals surface area contributed by atoms with E-state index >= 15 is 0 Å². The van der Waals surface area contributed by atoms with Crippen molar-refractivity contribution < 1.29 is 8.42 Å². The number of hydrogen-bond donors (Lipinski definition) is 3. The van der Waals surface area contributed by atoms with Gasteiger partial charge < -0.3 is 5.32 Å². The minimum atomic E-state index is -3.50. The van der Waals surface area contributed by atoms with E-state index in [2.05, 4.69) is 10.0 Å². The first-order valence-electron chi connectivity index (χ1n) is 3.59. The zero-order chi connectivity index (χ0) is 8.32. The van der Waals surface area contributed by atoms with Crippen molar-refractivity contribution >= 4 is 10.2 Å². The lowest BCUT2D eigenvalue weighted by Gasteiger charge is -2.08. The van der Waals surface area contributed by atoms with Gasteiger partial charge in [-0.3, -0.25) is 0 Å². The monoisotopic (exact) mass is 179 g/mol. The highest BCUT2D eigenvalue weighted by Crippen LogP contribution is 2.02. The van der Waals surface area contributed by atoms with E-state index in [1.807, 2.05) is 0 Å². The van der Waals surface area contributed by atoms with Gasteiger partial charge in [0.25, 0.3) is 10.2 Å². The van der Waals surface area contributed by atoms with Crippen LogP contribution < -0.4 is 15.2 Å². The molecule has 0 spiro atoms. The molecule has 0 amide bonds. The van der Waals surface area contributed by atoms with Crippen LogP contribution in [-0.4, -0.2) is 27.5 Å². The van der Waals surface area contributed by atoms with E-state index in [-0.39, 0.29) is 6.04 Å². The van der Waals surface area contributed by atoms with Crippen LogP contribution in [0.4, 0.5) is 0 Å². The van der Waals surface area contributed by atoms with Crippen molar-refractivity contribution in [1.29, 1.82) is 0 Å². The van der Waals surface area contributed by atoms with Crippen LogP contribution in [-0.2, 0) is 10.2 Å². The van der Waals surface area contributed by atoms with Crippen LogP contribution in [0.25, 0.3) is 0 Å². The average molecular weight is 179 g/mol. The maximum absolute atomic E-state index is 10.4. The minimum absolute atomic E-state index is 0.258. The predicted octanol–water partition coefficient (Wildman–Crippen LogP) is -1.47. The summed E-state index contributed by atoms with van der Waals surface area (Å²) >= 11 is 0. The Balaban J connectivity index is 2.22. The highest BCUT2D eigenvalue weighted by Gasteiger charge is 2.14. The molecule has 0 aromatic carbocycles. The first-order chi connectivity index (χ1) is 5.08. The maximum Gasteiger partial charge on any atom is 0.274 e. The van der Waals surface area contributed by atoms with Gasteiger partial charge in [-0.15, -0.1) is 0 Å². The van der Waals surface area contributed by atoms with Gasteiger partial charge in [-0.05, 0) is 19.4 Å². The van der Waals surface area contributed by atoms with Crippen LogP contribution >= 0.6 is 0 Å². The van der Waals surface area contributed by atoms with Crippen LogP contribution in [0.1, 0.15) is 12.8 Å². The molecule has 6 heteroatoms. The van der Waals surface area contributed by atoms with Gasteiger partial charge in [0.2, 0.25) is 0 Å². The molecule has 1 atom stereocenters. The van der Waals surface area contributed by atoms with Crippen molar-refractivity contribution in [2.75, 3.05) is 13.1 Å². The van der Waals surface area contributed by atoms with E-state index in [0.29, 0.717) is 6.54 Å². The van der Waals surface area contributed by atoms with Crippen molar-refractivity contribution in [3.8, 4) is 0 Å². The molecule has 66 valence electrons. The van der Waals surface area contributed by atoms with Crippen molar-refractivity contribution in [2.45, 2.75) is 18.9 Å². The van der Waals surface area contributed by atoms with E-state index < -0.39 is 10.2 Å². The Kier molecular flexibility index (Phi) is 2.83. The molecule has 0 aromatic rings. The Labute approximate surface area is 66.5 Å². The average Bonchev–Trinajstić information content (AvgIpc) is 2.32. The molecule has 1 heterocycles. The second-order valence-corrected chi connectivity index (χ2v) is 4.07. The molecule has 1 aliphatic rings. The summed E-state index contributed by atoms with van der Waals surface area (Å²) in [6.45, 7) is 1.37. The molecule has 4 N–H and O–H groups in total. The molecule has 0 aromatic heterocycles. The van der Waals surface area contributed by atoms with Crippen LogP contribution in [0.15, 0.2) is 0 Å². The molecular weight excluding hydrogens is 166 g/mol. The Bertz CT molecular complexity index is 208. The molecule has 1 aliphatic heterocycles. The van der Waals surface area contributed by atoms with Crippen molar-refractivity contribution in [1.82, 2.24) is 10.0 Å². The van der Waals surface area contributed by atoms with Crippen molar-refractivity contribution in [2.24, 2.45) is 5.14 Å². The minimum Gasteiger partial charge on any atom is -0.313 e. The SMILES string of the molecule is NS(=O)(=O)NC[C@@H]1CCCN1. The summed E-state index contributed by atoms with van der Waals surface area (Å²) in [6, 6.07) is 0.258. The molecule has 0 saturated carbocycles. The van der Waals surface area contributed by atoms with Gasteiger partial charge in [0.05, 0.1) is 0 Å². The van der Waals surface area contributed by atoms with E-state index in [1.54, 1.807) is 0 Å². The topological polar surface area (TPSA) is 84.2 Å². The fourth-order valence-electron chi connectivity index (χ4n) is 1.15. The van der Waals surface area contributed by atoms with Crippen LogP contribution in [0.5, 0.6) is 0 Å². The van der Waals surface area contributed by atoms with Crippen molar-refractivity contribution in [3.05, 3.63) is 0 Å². The quantitative estimate of drug-likeness (QED) is 0.494. The van der Waals surface area contributed by atoms with Crippen LogP contribution in [0.3, 0.4) is 0 Å². The third-order valence-electron chi connectivity index (χ3n) is 1.69. The van der Waals surface area contributed by atoms with Crippen LogP contribution in [0, 0.1) is 0 Å². The molecule has 1 rings (SSSR count). The lowest BCUT2D eigenvalue weighted by molar-refractivity contribution is 0.553. The molecule has 0 radical (unpaired) electrons. The maximum atomic E-state index is 10.4. The fraction of sp³-hybridized carbons (Fsp3) is 1.00. The lowest BCUT2D eigenvalue weighted by atomic mass is 10.2. The molecule has 1 saturated heterocycles. The molecule has 1 fully saturated rings. The lowest BCUT2D eigenvalue weighted by Crippen LogP contribution is -2.40. The third-order valence-corrected chi connectivity index (χ3v) is 2.26. The molecule has 0 unspecified atom stereocenters. The smallest absolute Gasteiger partial charge is 0.274 e. The normalized spacial score (nSPS) is 25.7. The zero-order valence-corrected chi connectivity index (χ0v) is 7.02. The summed E-state index contributed by atoms with van der Waals surface area (Å²) in [5.74, 6) is 0. The van der Waals surface area contributed by atoms with Gasteiger partial charge in [-0.1, -0.05) is 0 Å². The standard InChI is InChI=1S/C5H13N3O2S/c6-11(9,10)8-4-5-2-1-3-7-5/h5,7-8H,1-4H2,(H2,6,9,10)/t5-/m0/s1. The first-order valence-corrected chi connectivity index (χ1v) is 5.13. The predicted molar refractivity (Wildman–Crippen MR) is 42.1 cm³/mol. The number of rotatable bonds is 3. The van der Waals surface area contributed by atoms with Gasteiger partial charge in [0.15, 0.2) is 0 Å². The molecular formula is C5H13N3O2S. The summed E-state index contributed by atoms with van der Waals surface area (Å²) in [7, 11) is -3.50. The largest absolute Gasteiger partial charge is 0.313 e. The van der Waals surface area contributed by atoms with Gasteiger partial charge in [0, 0.05) is 12.6 Å². The second kappa shape index (κ2) is 3.48. The Morgan fingerprint density at radius 2 is 2.36 bits per heavy atom. The molecule has 5 nitrogen and oxygen atoms in total. The molecule has 0 aliphatic carbocycles. The van der Waals surface area contributed by atoms with Gasteiger partial charge in [0.1, 0.15) is 0 Å². The molecule has 0 bridgehead atoms. The zero-order valence-electron chi connectivity index (χ0n) is 6.21. The fourth-order valence-corrected chi connectivity index (χ4v) is 1.58. The Hall–Kier alpha value is -0.170. The number of hydrogen-bond acceptors (Lipinski definition) is 3. The summed E-state index contributed by atoms with van der Waals surface area (Å²) in [5, 5.41) is 7.89. The van der Waals surface area contributed by atoms with E-state index in [0.717, 1.165) is 19.4 Å². The first kappa shape index (κ1) is 8.92. The summed E-state index contributed by atoms with van der Waals surface area (Å²) < 4.78 is 23.1. The molecule has 11 heavy (non-hydrogen) atoms. The van der Waals surface area contributed by atoms with E-state index in [1.165, 1.54) is 0 Å². The second-order valence-electron chi connectivity index (χ2n) is 2.69. The van der Waals surface area contributed by atoms with Crippen LogP contribution in [0.2, 0.25) is 0 Å². The number of nitrogens with two attached hydrogens (primary N) is 1. The summed E-state index contributed by atoms with van der Waals surface area (Å²) in [6.07, 6.45) is 2.12. The third kappa shape index (κ3) is 3.66. The highest BCUT2D eigenvalue weighted by molar-refractivity contribution is 7.87. The van der Waals surface area contributed by atoms with E-state index in [9.17, 15) is 8.42 Å². The van der Waals surface area contributed by atoms with Gasteiger partial charge in [-0.25, -0.2) is 9.86 Å². The van der Waals surface area contributed by atoms with Gasteiger partial charge >= 0.3 is 0 Å². The Morgan fingerprint density at radius 3 is 2.82 bits per heavy atom.